The van der Waals surface area contributed by atoms with Crippen molar-refractivity contribution in [2.75, 3.05) is 24.4 Å². The van der Waals surface area contributed by atoms with Crippen LogP contribution in [0.5, 0.6) is 17.2 Å². The second-order valence-corrected chi connectivity index (χ2v) is 10.2. The summed E-state index contributed by atoms with van der Waals surface area (Å²) in [4.78, 5) is 18.1. The maximum Gasteiger partial charge on any atom is 0.255 e. The first kappa shape index (κ1) is 27.5. The molecule has 11 heteroatoms. The molecule has 0 fully saturated rings. The molecule has 206 valence electrons. The summed E-state index contributed by atoms with van der Waals surface area (Å²) < 4.78 is 19.9. The Hall–Kier alpha value is -4.02. The summed E-state index contributed by atoms with van der Waals surface area (Å²) in [5, 5.41) is 11.2. The molecule has 0 radical (unpaired) electrons. The largest absolute Gasteiger partial charge is 0.495 e. The lowest BCUT2D eigenvalue weighted by molar-refractivity contribution is -0.113. The number of nitrogens with one attached hydrogen (secondary N) is 2. The summed E-state index contributed by atoms with van der Waals surface area (Å²) >= 11 is 10.0. The minimum atomic E-state index is -0.610. The van der Waals surface area contributed by atoms with Gasteiger partial charge >= 0.3 is 0 Å². The average Bonchev–Trinajstić information content (AvgIpc) is 3.41. The van der Waals surface area contributed by atoms with Crippen molar-refractivity contribution >= 4 is 45.1 Å². The third kappa shape index (κ3) is 5.50. The number of amides is 1. The number of carbonyl (C=O) groups excluding carboxylic acids is 1. The number of halogens is 2. The predicted octanol–water partition coefficient (Wildman–Crippen LogP) is 6.61. The van der Waals surface area contributed by atoms with Crippen molar-refractivity contribution in [2.24, 2.45) is 0 Å². The Kier molecular flexibility index (Phi) is 8.27. The number of hydrogen-bond acceptors (Lipinski definition) is 7. The first-order valence-corrected chi connectivity index (χ1v) is 13.7. The molecule has 2 N–H and O–H groups in total. The lowest BCUT2D eigenvalue weighted by Crippen LogP contribution is -2.31. The highest BCUT2D eigenvalue weighted by Crippen LogP contribution is 2.43. The number of carbonyl (C=O) groups is 1. The normalized spacial score (nSPS) is 14.3. The number of fused-ring (bicyclic) bond motifs is 1. The van der Waals surface area contributed by atoms with Gasteiger partial charge in [0.25, 0.3) is 5.91 Å². The van der Waals surface area contributed by atoms with Crippen LogP contribution in [0.4, 0.5) is 11.6 Å². The van der Waals surface area contributed by atoms with E-state index in [1.54, 1.807) is 23.9 Å². The molecular weight excluding hydrogens is 598 g/mol. The second kappa shape index (κ2) is 12.0. The van der Waals surface area contributed by atoms with Gasteiger partial charge in [-0.1, -0.05) is 41.9 Å². The van der Waals surface area contributed by atoms with Gasteiger partial charge < -0.3 is 24.8 Å². The fourth-order valence-corrected chi connectivity index (χ4v) is 5.31. The highest BCUT2D eigenvalue weighted by atomic mass is 79.9. The van der Waals surface area contributed by atoms with Gasteiger partial charge in [0.15, 0.2) is 11.5 Å². The van der Waals surface area contributed by atoms with Gasteiger partial charge in [0.05, 0.1) is 29.4 Å². The monoisotopic (exact) mass is 623 g/mol. The maximum atomic E-state index is 13.8. The quantitative estimate of drug-likeness (QED) is 0.216. The van der Waals surface area contributed by atoms with E-state index in [0.29, 0.717) is 56.3 Å². The number of hydrogen-bond donors (Lipinski definition) is 2. The zero-order chi connectivity index (χ0) is 28.2. The molecule has 1 aliphatic heterocycles. The molecule has 1 aromatic heterocycles. The number of para-hydroxylation sites is 2. The maximum absolute atomic E-state index is 13.8. The van der Waals surface area contributed by atoms with Crippen LogP contribution in [0.1, 0.15) is 31.0 Å². The van der Waals surface area contributed by atoms with E-state index in [9.17, 15) is 4.79 Å². The summed E-state index contributed by atoms with van der Waals surface area (Å²) in [5.74, 6) is 1.80. The van der Waals surface area contributed by atoms with Crippen LogP contribution in [0.25, 0.3) is 0 Å². The number of ether oxygens (including phenoxy) is 3. The molecule has 3 aromatic carbocycles. The van der Waals surface area contributed by atoms with Crippen LogP contribution in [0, 0.1) is 0 Å². The Balaban J connectivity index is 1.54. The van der Waals surface area contributed by atoms with Crippen molar-refractivity contribution < 1.29 is 19.0 Å². The Labute approximate surface area is 245 Å². The number of nitrogens with zero attached hydrogens (tertiary/aromatic N) is 3. The van der Waals surface area contributed by atoms with Crippen LogP contribution in [-0.4, -0.2) is 34.4 Å². The molecular formula is C29H27BrClN5O4. The summed E-state index contributed by atoms with van der Waals surface area (Å²) in [6.07, 6.45) is 1.45. The van der Waals surface area contributed by atoms with Gasteiger partial charge in [-0.2, -0.15) is 10.1 Å². The average molecular weight is 625 g/mol. The van der Waals surface area contributed by atoms with Gasteiger partial charge in [-0.15, -0.1) is 0 Å². The fourth-order valence-electron chi connectivity index (χ4n) is 4.54. The zero-order valence-corrected chi connectivity index (χ0v) is 24.4. The third-order valence-electron chi connectivity index (χ3n) is 6.37. The van der Waals surface area contributed by atoms with Crippen molar-refractivity contribution in [2.45, 2.75) is 26.5 Å². The molecule has 1 atom stereocenters. The van der Waals surface area contributed by atoms with Crippen molar-refractivity contribution in [3.05, 3.63) is 98.9 Å². The third-order valence-corrected chi connectivity index (χ3v) is 7.33. The fraction of sp³-hybridized carbons (Fsp3) is 0.207. The molecule has 0 spiro atoms. The van der Waals surface area contributed by atoms with Crippen LogP contribution in [0.15, 0.2) is 82.7 Å². The van der Waals surface area contributed by atoms with Gasteiger partial charge in [-0.3, -0.25) is 4.79 Å². The molecule has 0 saturated heterocycles. The number of benzene rings is 3. The molecule has 1 aliphatic rings. The summed E-state index contributed by atoms with van der Waals surface area (Å²) in [6, 6.07) is 17.9. The lowest BCUT2D eigenvalue weighted by Gasteiger charge is -2.29. The minimum Gasteiger partial charge on any atom is -0.495 e. The standard InChI is InChI=1S/C29H27BrClN5O4/c1-4-39-24-14-19(13-20(30)27(24)40-15-18-9-5-6-10-21(18)31)26-25(17(2)34-29-32-16-33-36(26)29)28(37)35-22-11-7-8-12-23(22)38-3/h5-14,16,26H,4,15H2,1-3H3,(H,35,37)(H,32,33,34). The first-order valence-electron chi connectivity index (χ1n) is 12.5. The summed E-state index contributed by atoms with van der Waals surface area (Å²) in [7, 11) is 1.56. The highest BCUT2D eigenvalue weighted by Gasteiger charge is 2.35. The van der Waals surface area contributed by atoms with Gasteiger partial charge in [0.1, 0.15) is 24.7 Å². The summed E-state index contributed by atoms with van der Waals surface area (Å²) in [5.41, 5.74) is 3.26. The number of methoxy groups -OCH3 is 1. The number of rotatable bonds is 9. The van der Waals surface area contributed by atoms with Gasteiger partial charge in [0, 0.05) is 16.3 Å². The predicted molar refractivity (Wildman–Crippen MR) is 157 cm³/mol. The molecule has 40 heavy (non-hydrogen) atoms. The Bertz CT molecular complexity index is 1590. The molecule has 4 aromatic rings. The van der Waals surface area contributed by atoms with Crippen molar-refractivity contribution in [3.8, 4) is 17.2 Å². The SMILES string of the molecule is CCOc1cc(C2C(C(=O)Nc3ccccc3OC)=C(C)Nc3ncnn32)cc(Br)c1OCc1ccccc1Cl. The Morgan fingerprint density at radius 1 is 1.12 bits per heavy atom. The molecule has 2 heterocycles. The highest BCUT2D eigenvalue weighted by molar-refractivity contribution is 9.10. The summed E-state index contributed by atoms with van der Waals surface area (Å²) in [6.45, 7) is 4.40. The van der Waals surface area contributed by atoms with Crippen LogP contribution in [0.2, 0.25) is 5.02 Å². The van der Waals surface area contributed by atoms with E-state index in [-0.39, 0.29) is 12.5 Å². The first-order chi connectivity index (χ1) is 19.4. The molecule has 0 saturated carbocycles. The van der Waals surface area contributed by atoms with Gasteiger partial charge in [-0.25, -0.2) is 4.68 Å². The van der Waals surface area contributed by atoms with Crippen LogP contribution in [0.3, 0.4) is 0 Å². The van der Waals surface area contributed by atoms with E-state index in [2.05, 4.69) is 36.6 Å². The second-order valence-electron chi connectivity index (χ2n) is 8.89. The Morgan fingerprint density at radius 2 is 1.90 bits per heavy atom. The van der Waals surface area contributed by atoms with E-state index < -0.39 is 6.04 Å². The Morgan fingerprint density at radius 3 is 2.67 bits per heavy atom. The molecule has 0 aliphatic carbocycles. The minimum absolute atomic E-state index is 0.254. The van der Waals surface area contributed by atoms with E-state index in [4.69, 9.17) is 25.8 Å². The van der Waals surface area contributed by atoms with Gasteiger partial charge in [-0.05, 0) is 65.7 Å². The molecule has 9 nitrogen and oxygen atoms in total. The number of allylic oxidation sites excluding steroid dienone is 1. The molecule has 1 unspecified atom stereocenters. The van der Waals surface area contributed by atoms with Crippen molar-refractivity contribution in [1.82, 2.24) is 14.8 Å². The van der Waals surface area contributed by atoms with E-state index in [1.807, 2.05) is 62.4 Å². The van der Waals surface area contributed by atoms with Crippen molar-refractivity contribution in [3.63, 3.8) is 0 Å². The molecule has 0 bridgehead atoms. The van der Waals surface area contributed by atoms with E-state index in [1.165, 1.54) is 6.33 Å². The van der Waals surface area contributed by atoms with Crippen molar-refractivity contribution in [1.29, 1.82) is 0 Å². The molecule has 1 amide bonds. The number of aromatic nitrogens is 3. The van der Waals surface area contributed by atoms with E-state index in [0.717, 1.165) is 11.1 Å². The van der Waals surface area contributed by atoms with Crippen LogP contribution >= 0.6 is 27.5 Å². The van der Waals surface area contributed by atoms with E-state index >= 15 is 0 Å². The lowest BCUT2D eigenvalue weighted by atomic mass is 9.94. The van der Waals surface area contributed by atoms with Crippen LogP contribution in [-0.2, 0) is 11.4 Å². The zero-order valence-electron chi connectivity index (χ0n) is 22.1. The topological polar surface area (TPSA) is 99.5 Å². The smallest absolute Gasteiger partial charge is 0.255 e. The molecule has 5 rings (SSSR count). The van der Waals surface area contributed by atoms with Crippen LogP contribution < -0.4 is 24.8 Å². The van der Waals surface area contributed by atoms with Gasteiger partial charge in [0.2, 0.25) is 5.95 Å². The number of anilines is 2.